The van der Waals surface area contributed by atoms with Crippen LogP contribution in [0, 0.1) is 18.3 Å². The van der Waals surface area contributed by atoms with E-state index in [4.69, 9.17) is 15.2 Å². The number of nitrogen functional groups attached to an aromatic ring is 1. The number of aryl methyl sites for hydroxylation is 1. The molecule has 0 saturated carbocycles. The van der Waals surface area contributed by atoms with Crippen LogP contribution in [0.5, 0.6) is 11.5 Å². The van der Waals surface area contributed by atoms with Gasteiger partial charge in [0.05, 0.1) is 31.0 Å². The second kappa shape index (κ2) is 7.17. The number of pyridine rings is 1. The van der Waals surface area contributed by atoms with Gasteiger partial charge in [-0.1, -0.05) is 30.3 Å². The lowest BCUT2D eigenvalue weighted by Crippen LogP contribution is -2.03. The minimum Gasteiger partial charge on any atom is -0.493 e. The van der Waals surface area contributed by atoms with Gasteiger partial charge in [0.2, 0.25) is 0 Å². The van der Waals surface area contributed by atoms with Gasteiger partial charge in [-0.05, 0) is 25.1 Å². The van der Waals surface area contributed by atoms with Crippen molar-refractivity contribution >= 4 is 16.9 Å². The monoisotopic (exact) mass is 385 g/mol. The molecule has 29 heavy (non-hydrogen) atoms. The molecule has 0 fully saturated rings. The first-order valence-electron chi connectivity index (χ1n) is 8.96. The van der Waals surface area contributed by atoms with Crippen LogP contribution in [0.15, 0.2) is 48.5 Å². The fraction of sp³-hybridized carbons (Fsp3) is 0.136. The second-order valence-corrected chi connectivity index (χ2v) is 6.43. The summed E-state index contributed by atoms with van der Waals surface area (Å²) in [6.07, 6.45) is 0. The van der Waals surface area contributed by atoms with Crippen LogP contribution in [0.25, 0.3) is 27.8 Å². The van der Waals surface area contributed by atoms with Gasteiger partial charge >= 0.3 is 0 Å². The lowest BCUT2D eigenvalue weighted by atomic mass is 9.96. The summed E-state index contributed by atoms with van der Waals surface area (Å²) in [4.78, 5) is 4.51. The highest BCUT2D eigenvalue weighted by molar-refractivity contribution is 6.02. The summed E-state index contributed by atoms with van der Waals surface area (Å²) < 4.78 is 12.8. The van der Waals surface area contributed by atoms with E-state index in [-0.39, 0.29) is 11.4 Å². The molecule has 144 valence electrons. The van der Waals surface area contributed by atoms with E-state index < -0.39 is 0 Å². The van der Waals surface area contributed by atoms with Gasteiger partial charge < -0.3 is 15.2 Å². The number of ether oxygens (including phenoxy) is 2. The molecule has 2 aromatic heterocycles. The Morgan fingerprint density at radius 1 is 1.03 bits per heavy atom. The van der Waals surface area contributed by atoms with E-state index in [9.17, 15) is 5.26 Å². The topological polar surface area (TPSA) is 99.0 Å². The van der Waals surface area contributed by atoms with Crippen LogP contribution >= 0.6 is 0 Å². The first kappa shape index (κ1) is 18.3. The van der Waals surface area contributed by atoms with Crippen LogP contribution < -0.4 is 15.2 Å². The normalized spacial score (nSPS) is 10.7. The summed E-state index contributed by atoms with van der Waals surface area (Å²) in [7, 11) is 3.14. The number of benzene rings is 2. The van der Waals surface area contributed by atoms with Crippen LogP contribution in [0.3, 0.4) is 0 Å². The van der Waals surface area contributed by atoms with E-state index in [0.717, 1.165) is 16.8 Å². The fourth-order valence-electron chi connectivity index (χ4n) is 3.55. The number of nitrogens with zero attached hydrogens (tertiary/aromatic N) is 4. The van der Waals surface area contributed by atoms with E-state index in [1.54, 1.807) is 25.0 Å². The Morgan fingerprint density at radius 3 is 2.45 bits per heavy atom. The quantitative estimate of drug-likeness (QED) is 0.572. The van der Waals surface area contributed by atoms with Gasteiger partial charge in [0, 0.05) is 11.1 Å². The minimum atomic E-state index is 0.136. The average molecular weight is 385 g/mol. The highest BCUT2D eigenvalue weighted by atomic mass is 16.5. The van der Waals surface area contributed by atoms with Crippen molar-refractivity contribution in [1.29, 1.82) is 5.26 Å². The molecule has 4 aromatic rings. The Balaban J connectivity index is 2.16. The molecule has 2 heterocycles. The Kier molecular flexibility index (Phi) is 4.53. The molecule has 0 aliphatic rings. The number of fused-ring (bicyclic) bond motifs is 1. The Hall–Kier alpha value is -4.05. The van der Waals surface area contributed by atoms with Crippen molar-refractivity contribution in [3.8, 4) is 34.4 Å². The second-order valence-electron chi connectivity index (χ2n) is 6.43. The molecule has 0 unspecified atom stereocenters. The number of hydrogen-bond donors (Lipinski definition) is 1. The number of rotatable bonds is 4. The number of hydrogen-bond acceptors (Lipinski definition) is 6. The number of nitriles is 1. The number of aromatic nitrogens is 3. The molecule has 0 atom stereocenters. The van der Waals surface area contributed by atoms with Gasteiger partial charge in [0.15, 0.2) is 17.1 Å². The predicted octanol–water partition coefficient (Wildman–Crippen LogP) is 3.87. The molecule has 0 bridgehead atoms. The standard InChI is InChI=1S/C22H19N5O2/c1-13-18-19(15-10-7-11-17(28-2)20(15)29-3)16(12-23)21(24)25-22(18)27(26-13)14-8-5-4-6-9-14/h4-11H,1-3H3,(H2,24,25). The van der Waals surface area contributed by atoms with Crippen LogP contribution in [-0.4, -0.2) is 29.0 Å². The molecule has 2 aromatic carbocycles. The lowest BCUT2D eigenvalue weighted by Gasteiger charge is -2.15. The summed E-state index contributed by atoms with van der Waals surface area (Å²) >= 11 is 0. The molecule has 0 spiro atoms. The van der Waals surface area contributed by atoms with Gasteiger partial charge in [0.25, 0.3) is 0 Å². The van der Waals surface area contributed by atoms with Crippen LogP contribution in [0.1, 0.15) is 11.3 Å². The number of methoxy groups -OCH3 is 2. The van der Waals surface area contributed by atoms with Gasteiger partial charge in [-0.15, -0.1) is 0 Å². The first-order valence-corrected chi connectivity index (χ1v) is 8.96. The Bertz CT molecular complexity index is 1260. The molecule has 4 rings (SSSR count). The third-order valence-electron chi connectivity index (χ3n) is 4.80. The summed E-state index contributed by atoms with van der Waals surface area (Å²) in [6, 6.07) is 17.4. The highest BCUT2D eigenvalue weighted by Crippen LogP contribution is 2.44. The van der Waals surface area contributed by atoms with Crippen molar-refractivity contribution in [2.24, 2.45) is 0 Å². The third-order valence-corrected chi connectivity index (χ3v) is 4.80. The minimum absolute atomic E-state index is 0.136. The lowest BCUT2D eigenvalue weighted by molar-refractivity contribution is 0.356. The van der Waals surface area contributed by atoms with Gasteiger partial charge in [-0.2, -0.15) is 10.4 Å². The molecular weight excluding hydrogens is 366 g/mol. The smallest absolute Gasteiger partial charge is 0.168 e. The molecule has 0 aliphatic carbocycles. The highest BCUT2D eigenvalue weighted by Gasteiger charge is 2.24. The SMILES string of the molecule is COc1cccc(-c2c(C#N)c(N)nc3c2c(C)nn3-c2ccccc2)c1OC. The van der Waals surface area contributed by atoms with Gasteiger partial charge in [0.1, 0.15) is 17.5 Å². The van der Waals surface area contributed by atoms with Crippen LogP contribution in [0.4, 0.5) is 5.82 Å². The average Bonchev–Trinajstić information content (AvgIpc) is 3.08. The molecule has 7 heteroatoms. The Labute approximate surface area is 167 Å². The molecular formula is C22H19N5O2. The van der Waals surface area contributed by atoms with Gasteiger partial charge in [-0.3, -0.25) is 0 Å². The molecule has 7 nitrogen and oxygen atoms in total. The fourth-order valence-corrected chi connectivity index (χ4v) is 3.55. The molecule has 0 saturated heterocycles. The third kappa shape index (κ3) is 2.82. The van der Waals surface area contributed by atoms with E-state index in [2.05, 4.69) is 16.2 Å². The maximum absolute atomic E-state index is 9.86. The zero-order valence-electron chi connectivity index (χ0n) is 16.3. The first-order chi connectivity index (χ1) is 14.1. The van der Waals surface area contributed by atoms with Crippen LogP contribution in [-0.2, 0) is 0 Å². The number of para-hydroxylation sites is 2. The maximum atomic E-state index is 9.86. The van der Waals surface area contributed by atoms with Crippen molar-refractivity contribution in [3.63, 3.8) is 0 Å². The molecule has 0 radical (unpaired) electrons. The maximum Gasteiger partial charge on any atom is 0.168 e. The zero-order chi connectivity index (χ0) is 20.5. The van der Waals surface area contributed by atoms with Crippen molar-refractivity contribution in [2.75, 3.05) is 20.0 Å². The number of nitrogens with two attached hydrogens (primary N) is 1. The Morgan fingerprint density at radius 2 is 1.79 bits per heavy atom. The summed E-state index contributed by atoms with van der Waals surface area (Å²) in [5, 5.41) is 15.3. The molecule has 0 aliphatic heterocycles. The van der Waals surface area contributed by atoms with E-state index in [1.165, 1.54) is 0 Å². The van der Waals surface area contributed by atoms with Crippen molar-refractivity contribution < 1.29 is 9.47 Å². The van der Waals surface area contributed by atoms with Crippen molar-refractivity contribution in [1.82, 2.24) is 14.8 Å². The van der Waals surface area contributed by atoms with Crippen molar-refractivity contribution in [3.05, 3.63) is 59.8 Å². The van der Waals surface area contributed by atoms with E-state index in [0.29, 0.717) is 28.3 Å². The summed E-state index contributed by atoms with van der Waals surface area (Å²) in [5.41, 5.74) is 9.96. The summed E-state index contributed by atoms with van der Waals surface area (Å²) in [6.45, 7) is 1.89. The van der Waals surface area contributed by atoms with Crippen molar-refractivity contribution in [2.45, 2.75) is 6.92 Å². The zero-order valence-corrected chi connectivity index (χ0v) is 16.3. The molecule has 2 N–H and O–H groups in total. The van der Waals surface area contributed by atoms with Gasteiger partial charge in [-0.25, -0.2) is 9.67 Å². The van der Waals surface area contributed by atoms with E-state index in [1.807, 2.05) is 49.4 Å². The number of anilines is 1. The predicted molar refractivity (Wildman–Crippen MR) is 111 cm³/mol. The van der Waals surface area contributed by atoms with Crippen LogP contribution in [0.2, 0.25) is 0 Å². The largest absolute Gasteiger partial charge is 0.493 e. The summed E-state index contributed by atoms with van der Waals surface area (Å²) in [5.74, 6) is 1.22. The molecule has 0 amide bonds. The van der Waals surface area contributed by atoms with E-state index >= 15 is 0 Å².